The molecule has 1 N–H and O–H groups in total. The van der Waals surface area contributed by atoms with Gasteiger partial charge in [-0.2, -0.15) is 0 Å². The molecule has 0 saturated carbocycles. The molecular formula is C19H23N5OS. The summed E-state index contributed by atoms with van der Waals surface area (Å²) < 4.78 is 2.22. The smallest absolute Gasteiger partial charge is 0.128 e. The van der Waals surface area contributed by atoms with E-state index in [4.69, 9.17) is 0 Å². The van der Waals surface area contributed by atoms with Crippen LogP contribution in [0.2, 0.25) is 0 Å². The number of rotatable bonds is 5. The van der Waals surface area contributed by atoms with Gasteiger partial charge in [-0.25, -0.2) is 15.0 Å². The number of hydrogen-bond donors (Lipinski definition) is 1. The summed E-state index contributed by atoms with van der Waals surface area (Å²) in [7, 11) is 0. The molecule has 4 heterocycles. The van der Waals surface area contributed by atoms with Gasteiger partial charge in [0.2, 0.25) is 0 Å². The van der Waals surface area contributed by atoms with Gasteiger partial charge in [0.25, 0.3) is 0 Å². The molecule has 1 fully saturated rings. The molecule has 136 valence electrons. The quantitative estimate of drug-likeness (QED) is 0.748. The molecule has 26 heavy (non-hydrogen) atoms. The van der Waals surface area contributed by atoms with Crippen LogP contribution in [0.25, 0.3) is 0 Å². The highest BCUT2D eigenvalue weighted by molar-refractivity contribution is 7.07. The molecule has 0 amide bonds. The Morgan fingerprint density at radius 2 is 2.12 bits per heavy atom. The van der Waals surface area contributed by atoms with Crippen molar-refractivity contribution in [1.29, 1.82) is 0 Å². The van der Waals surface area contributed by atoms with E-state index in [9.17, 15) is 5.11 Å². The van der Waals surface area contributed by atoms with Crippen molar-refractivity contribution in [2.24, 2.45) is 0 Å². The van der Waals surface area contributed by atoms with Gasteiger partial charge in [-0.1, -0.05) is 6.07 Å². The Kier molecular flexibility index (Phi) is 4.99. The molecule has 6 nitrogen and oxygen atoms in total. The number of piperidine rings is 1. The topological polar surface area (TPSA) is 67.1 Å². The van der Waals surface area contributed by atoms with Crippen LogP contribution in [0.5, 0.6) is 0 Å². The first-order chi connectivity index (χ1) is 12.7. The van der Waals surface area contributed by atoms with Crippen molar-refractivity contribution in [3.8, 4) is 0 Å². The lowest BCUT2D eigenvalue weighted by Gasteiger charge is -2.33. The number of imidazole rings is 1. The van der Waals surface area contributed by atoms with Crippen LogP contribution in [0.4, 0.5) is 5.82 Å². The molecule has 0 bridgehead atoms. The number of aliphatic hydroxyl groups excluding tert-OH is 1. The fourth-order valence-corrected chi connectivity index (χ4v) is 4.07. The van der Waals surface area contributed by atoms with E-state index in [0.29, 0.717) is 5.92 Å². The van der Waals surface area contributed by atoms with Gasteiger partial charge in [0.15, 0.2) is 0 Å². The molecule has 0 radical (unpaired) electrons. The lowest BCUT2D eigenvalue weighted by Crippen LogP contribution is -2.34. The van der Waals surface area contributed by atoms with Gasteiger partial charge in [0, 0.05) is 36.8 Å². The summed E-state index contributed by atoms with van der Waals surface area (Å²) in [4.78, 5) is 15.9. The number of nitrogens with zero attached hydrogens (tertiary/aromatic N) is 5. The van der Waals surface area contributed by atoms with Gasteiger partial charge in [-0.3, -0.25) is 0 Å². The van der Waals surface area contributed by atoms with Crippen molar-refractivity contribution in [2.45, 2.75) is 38.3 Å². The van der Waals surface area contributed by atoms with Crippen molar-refractivity contribution in [1.82, 2.24) is 19.5 Å². The second kappa shape index (κ2) is 7.55. The Bertz CT molecular complexity index is 837. The van der Waals surface area contributed by atoms with Crippen LogP contribution in [0, 0.1) is 0 Å². The molecule has 1 atom stereocenters. The minimum Gasteiger partial charge on any atom is -0.387 e. The molecule has 0 unspecified atom stereocenters. The first-order valence-corrected chi connectivity index (χ1v) is 9.93. The Balaban J connectivity index is 1.43. The van der Waals surface area contributed by atoms with E-state index < -0.39 is 6.10 Å². The van der Waals surface area contributed by atoms with Gasteiger partial charge in [-0.05, 0) is 31.9 Å². The van der Waals surface area contributed by atoms with Gasteiger partial charge < -0.3 is 14.6 Å². The summed E-state index contributed by atoms with van der Waals surface area (Å²) in [5.41, 5.74) is 3.69. The van der Waals surface area contributed by atoms with E-state index >= 15 is 0 Å². The van der Waals surface area contributed by atoms with Crippen molar-refractivity contribution >= 4 is 17.2 Å². The van der Waals surface area contributed by atoms with Crippen LogP contribution in [-0.4, -0.2) is 37.7 Å². The monoisotopic (exact) mass is 369 g/mol. The van der Waals surface area contributed by atoms with E-state index in [-0.39, 0.29) is 0 Å². The predicted octanol–water partition coefficient (Wildman–Crippen LogP) is 3.22. The maximum Gasteiger partial charge on any atom is 0.128 e. The van der Waals surface area contributed by atoms with E-state index in [1.807, 2.05) is 29.9 Å². The number of pyridine rings is 1. The van der Waals surface area contributed by atoms with Gasteiger partial charge in [-0.15, -0.1) is 11.3 Å². The highest BCUT2D eigenvalue weighted by Crippen LogP contribution is 2.29. The number of anilines is 1. The van der Waals surface area contributed by atoms with Crippen molar-refractivity contribution < 1.29 is 5.11 Å². The summed E-state index contributed by atoms with van der Waals surface area (Å²) in [5.74, 6) is 2.57. The SMILES string of the molecule is C[C@@H](O)c1cccc(N2CCC(c3nccn3Cc3cscn3)CC2)n1. The predicted molar refractivity (Wildman–Crippen MR) is 103 cm³/mol. The largest absolute Gasteiger partial charge is 0.387 e. The molecule has 1 saturated heterocycles. The van der Waals surface area contributed by atoms with E-state index in [1.165, 1.54) is 0 Å². The van der Waals surface area contributed by atoms with Crippen LogP contribution in [0.3, 0.4) is 0 Å². The van der Waals surface area contributed by atoms with Crippen LogP contribution >= 0.6 is 11.3 Å². The average molecular weight is 369 g/mol. The van der Waals surface area contributed by atoms with Gasteiger partial charge in [0.05, 0.1) is 29.5 Å². The molecular weight excluding hydrogens is 346 g/mol. The van der Waals surface area contributed by atoms with E-state index in [1.54, 1.807) is 18.3 Å². The second-order valence-electron chi connectivity index (χ2n) is 6.75. The minimum absolute atomic E-state index is 0.458. The minimum atomic E-state index is -0.536. The lowest BCUT2D eigenvalue weighted by molar-refractivity contribution is 0.194. The fourth-order valence-electron chi connectivity index (χ4n) is 3.52. The molecule has 4 rings (SSSR count). The third kappa shape index (κ3) is 3.64. The maximum atomic E-state index is 9.75. The number of thiazole rings is 1. The first kappa shape index (κ1) is 17.2. The summed E-state index contributed by atoms with van der Waals surface area (Å²) >= 11 is 1.63. The zero-order valence-corrected chi connectivity index (χ0v) is 15.6. The normalized spacial score (nSPS) is 16.8. The van der Waals surface area contributed by atoms with Crippen molar-refractivity contribution in [3.63, 3.8) is 0 Å². The van der Waals surface area contributed by atoms with Gasteiger partial charge in [0.1, 0.15) is 11.6 Å². The summed E-state index contributed by atoms with van der Waals surface area (Å²) in [6.07, 6.45) is 5.51. The van der Waals surface area contributed by atoms with Crippen LogP contribution in [-0.2, 0) is 6.54 Å². The second-order valence-corrected chi connectivity index (χ2v) is 7.47. The highest BCUT2D eigenvalue weighted by Gasteiger charge is 2.25. The Hall–Kier alpha value is -2.25. The Morgan fingerprint density at radius 3 is 2.85 bits per heavy atom. The van der Waals surface area contributed by atoms with Gasteiger partial charge >= 0.3 is 0 Å². The first-order valence-electron chi connectivity index (χ1n) is 8.99. The summed E-state index contributed by atoms with van der Waals surface area (Å²) in [6.45, 7) is 4.44. The zero-order valence-electron chi connectivity index (χ0n) is 14.8. The van der Waals surface area contributed by atoms with Crippen molar-refractivity contribution in [3.05, 3.63) is 58.7 Å². The lowest BCUT2D eigenvalue weighted by atomic mass is 9.96. The Labute approximate surface area is 157 Å². The molecule has 0 spiro atoms. The van der Waals surface area contributed by atoms with Crippen LogP contribution in [0.15, 0.2) is 41.5 Å². The van der Waals surface area contributed by atoms with Crippen molar-refractivity contribution in [2.75, 3.05) is 18.0 Å². The van der Waals surface area contributed by atoms with E-state index in [0.717, 1.165) is 55.5 Å². The van der Waals surface area contributed by atoms with E-state index in [2.05, 4.69) is 36.0 Å². The molecule has 3 aromatic rings. The fraction of sp³-hybridized carbons (Fsp3) is 0.421. The molecule has 0 aromatic carbocycles. The summed E-state index contributed by atoms with van der Waals surface area (Å²) in [6, 6.07) is 5.86. The molecule has 1 aliphatic heterocycles. The molecule has 3 aromatic heterocycles. The third-order valence-electron chi connectivity index (χ3n) is 4.93. The van der Waals surface area contributed by atoms with Crippen LogP contribution < -0.4 is 4.90 Å². The highest BCUT2D eigenvalue weighted by atomic mass is 32.1. The number of aromatic nitrogens is 4. The number of aliphatic hydroxyl groups is 1. The molecule has 1 aliphatic rings. The third-order valence-corrected chi connectivity index (χ3v) is 5.57. The molecule has 0 aliphatic carbocycles. The maximum absolute atomic E-state index is 9.75. The summed E-state index contributed by atoms with van der Waals surface area (Å²) in [5, 5.41) is 11.8. The number of hydrogen-bond acceptors (Lipinski definition) is 6. The standard InChI is InChI=1S/C19H23N5OS/c1-14(25)17-3-2-4-18(22-17)23-8-5-15(6-9-23)19-20-7-10-24(19)11-16-12-26-13-21-16/h2-4,7,10,12-15,25H,5-6,8-9,11H2,1H3/t14-/m1/s1. The average Bonchev–Trinajstić information content (AvgIpc) is 3.34. The zero-order chi connectivity index (χ0) is 17.9. The van der Waals surface area contributed by atoms with Crippen LogP contribution in [0.1, 0.15) is 49.0 Å². The molecule has 7 heteroatoms. The Morgan fingerprint density at radius 1 is 1.27 bits per heavy atom.